The molecule has 4 nitrogen and oxygen atoms in total. The van der Waals surface area contributed by atoms with E-state index in [1.165, 1.54) is 4.90 Å². The van der Waals surface area contributed by atoms with Crippen molar-refractivity contribution in [1.29, 1.82) is 0 Å². The Morgan fingerprint density at radius 3 is 2.69 bits per heavy atom. The molecule has 0 aliphatic rings. The summed E-state index contributed by atoms with van der Waals surface area (Å²) >= 11 is 0. The van der Waals surface area contributed by atoms with Gasteiger partial charge in [-0.15, -0.1) is 0 Å². The monoisotopic (exact) mass is 179 g/mol. The summed E-state index contributed by atoms with van der Waals surface area (Å²) in [7, 11) is 0. The van der Waals surface area contributed by atoms with Gasteiger partial charge in [-0.3, -0.25) is 4.90 Å². The molecule has 1 aromatic rings. The number of carbonyl (C=O) groups excluding carboxylic acids is 1. The van der Waals surface area contributed by atoms with Gasteiger partial charge in [0.1, 0.15) is 0 Å². The summed E-state index contributed by atoms with van der Waals surface area (Å²) in [6.07, 6.45) is 0. The van der Waals surface area contributed by atoms with Crippen LogP contribution in [0.1, 0.15) is 6.92 Å². The molecule has 0 radical (unpaired) electrons. The quantitative estimate of drug-likeness (QED) is 0.669. The van der Waals surface area contributed by atoms with E-state index < -0.39 is 6.03 Å². The largest absolute Gasteiger partial charge is 0.399 e. The second-order valence-electron chi connectivity index (χ2n) is 2.68. The third kappa shape index (κ3) is 2.11. The van der Waals surface area contributed by atoms with E-state index in [0.29, 0.717) is 12.2 Å². The van der Waals surface area contributed by atoms with E-state index in [1.54, 1.807) is 24.3 Å². The number of nitrogens with zero attached hydrogens (tertiary/aromatic N) is 1. The molecule has 0 heterocycles. The molecule has 0 fully saturated rings. The SMILES string of the molecule is CCN(C(N)=O)c1cccc(N)c1. The summed E-state index contributed by atoms with van der Waals surface area (Å²) in [5.41, 5.74) is 12.1. The van der Waals surface area contributed by atoms with Crippen molar-refractivity contribution in [3.63, 3.8) is 0 Å². The average Bonchev–Trinajstić information content (AvgIpc) is 2.04. The minimum absolute atomic E-state index is 0.465. The molecule has 1 rings (SSSR count). The first-order valence-corrected chi connectivity index (χ1v) is 4.07. The van der Waals surface area contributed by atoms with Gasteiger partial charge in [0.25, 0.3) is 0 Å². The number of carbonyl (C=O) groups is 1. The fourth-order valence-corrected chi connectivity index (χ4v) is 1.16. The van der Waals surface area contributed by atoms with Crippen molar-refractivity contribution in [1.82, 2.24) is 0 Å². The van der Waals surface area contributed by atoms with Crippen LogP contribution in [0, 0.1) is 0 Å². The van der Waals surface area contributed by atoms with Crippen molar-refractivity contribution in [2.45, 2.75) is 6.92 Å². The molecule has 0 aliphatic carbocycles. The van der Waals surface area contributed by atoms with E-state index in [4.69, 9.17) is 11.5 Å². The van der Waals surface area contributed by atoms with Crippen LogP contribution >= 0.6 is 0 Å². The van der Waals surface area contributed by atoms with Gasteiger partial charge in [-0.05, 0) is 25.1 Å². The first-order chi connectivity index (χ1) is 6.15. The predicted molar refractivity (Wildman–Crippen MR) is 53.5 cm³/mol. The van der Waals surface area contributed by atoms with Crippen LogP contribution in [0.3, 0.4) is 0 Å². The van der Waals surface area contributed by atoms with Gasteiger partial charge in [-0.1, -0.05) is 6.07 Å². The van der Waals surface area contributed by atoms with Crippen LogP contribution < -0.4 is 16.4 Å². The number of benzene rings is 1. The van der Waals surface area contributed by atoms with E-state index in [9.17, 15) is 4.79 Å². The van der Waals surface area contributed by atoms with Crippen molar-refractivity contribution in [2.75, 3.05) is 17.2 Å². The van der Waals surface area contributed by atoms with E-state index in [2.05, 4.69) is 0 Å². The molecule has 0 unspecified atom stereocenters. The first-order valence-electron chi connectivity index (χ1n) is 4.07. The third-order valence-corrected chi connectivity index (χ3v) is 1.76. The summed E-state index contributed by atoms with van der Waals surface area (Å²) in [5.74, 6) is 0. The van der Waals surface area contributed by atoms with E-state index in [-0.39, 0.29) is 0 Å². The van der Waals surface area contributed by atoms with Gasteiger partial charge in [0, 0.05) is 17.9 Å². The highest BCUT2D eigenvalue weighted by molar-refractivity contribution is 5.91. The molecule has 0 spiro atoms. The normalized spacial score (nSPS) is 9.62. The molecule has 0 saturated carbocycles. The maximum Gasteiger partial charge on any atom is 0.319 e. The van der Waals surface area contributed by atoms with Crippen LogP contribution in [-0.4, -0.2) is 12.6 Å². The van der Waals surface area contributed by atoms with Gasteiger partial charge in [-0.25, -0.2) is 4.79 Å². The molecule has 4 N–H and O–H groups in total. The topological polar surface area (TPSA) is 72.3 Å². The van der Waals surface area contributed by atoms with Crippen LogP contribution in [0.25, 0.3) is 0 Å². The Labute approximate surface area is 77.1 Å². The summed E-state index contributed by atoms with van der Waals surface area (Å²) in [6.45, 7) is 2.40. The number of nitrogen functional groups attached to an aromatic ring is 1. The van der Waals surface area contributed by atoms with E-state index >= 15 is 0 Å². The molecule has 1 aromatic carbocycles. The van der Waals surface area contributed by atoms with Gasteiger partial charge in [0.2, 0.25) is 0 Å². The smallest absolute Gasteiger partial charge is 0.319 e. The van der Waals surface area contributed by atoms with Crippen LogP contribution in [0.5, 0.6) is 0 Å². The summed E-state index contributed by atoms with van der Waals surface area (Å²) < 4.78 is 0. The second kappa shape index (κ2) is 3.80. The standard InChI is InChI=1S/C9H13N3O/c1-2-12(9(11)13)8-5-3-4-7(10)6-8/h3-6H,2,10H2,1H3,(H2,11,13). The Morgan fingerprint density at radius 2 is 2.23 bits per heavy atom. The van der Waals surface area contributed by atoms with Crippen molar-refractivity contribution >= 4 is 17.4 Å². The van der Waals surface area contributed by atoms with Gasteiger partial charge in [-0.2, -0.15) is 0 Å². The second-order valence-corrected chi connectivity index (χ2v) is 2.68. The van der Waals surface area contributed by atoms with Crippen molar-refractivity contribution in [2.24, 2.45) is 5.73 Å². The zero-order valence-electron chi connectivity index (χ0n) is 7.53. The third-order valence-electron chi connectivity index (χ3n) is 1.76. The average molecular weight is 179 g/mol. The minimum Gasteiger partial charge on any atom is -0.399 e. The molecule has 4 heteroatoms. The Hall–Kier alpha value is -1.71. The highest BCUT2D eigenvalue weighted by Gasteiger charge is 2.08. The molecule has 0 saturated heterocycles. The number of amides is 2. The lowest BCUT2D eigenvalue weighted by molar-refractivity contribution is 0.254. The van der Waals surface area contributed by atoms with E-state index in [1.807, 2.05) is 6.92 Å². The zero-order valence-corrected chi connectivity index (χ0v) is 7.53. The lowest BCUT2D eigenvalue weighted by atomic mass is 10.2. The molecule has 70 valence electrons. The molecule has 13 heavy (non-hydrogen) atoms. The highest BCUT2D eigenvalue weighted by Crippen LogP contribution is 2.16. The van der Waals surface area contributed by atoms with E-state index in [0.717, 1.165) is 5.69 Å². The van der Waals surface area contributed by atoms with Crippen LogP contribution in [0.4, 0.5) is 16.2 Å². The lowest BCUT2D eigenvalue weighted by Gasteiger charge is -2.18. The first kappa shape index (κ1) is 9.38. The molecular weight excluding hydrogens is 166 g/mol. The molecule has 0 bridgehead atoms. The Bertz CT molecular complexity index is 311. The fourth-order valence-electron chi connectivity index (χ4n) is 1.16. The number of anilines is 2. The minimum atomic E-state index is -0.465. The Balaban J connectivity index is 2.98. The Morgan fingerprint density at radius 1 is 1.54 bits per heavy atom. The van der Waals surface area contributed by atoms with Crippen LogP contribution in [-0.2, 0) is 0 Å². The summed E-state index contributed by atoms with van der Waals surface area (Å²) in [4.78, 5) is 12.4. The van der Waals surface area contributed by atoms with Gasteiger partial charge in [0.15, 0.2) is 0 Å². The lowest BCUT2D eigenvalue weighted by Crippen LogP contribution is -2.35. The summed E-state index contributed by atoms with van der Waals surface area (Å²) in [5, 5.41) is 0. The van der Waals surface area contributed by atoms with Crippen LogP contribution in [0.2, 0.25) is 0 Å². The number of nitrogens with two attached hydrogens (primary N) is 2. The number of rotatable bonds is 2. The van der Waals surface area contributed by atoms with Gasteiger partial charge >= 0.3 is 6.03 Å². The highest BCUT2D eigenvalue weighted by atomic mass is 16.2. The predicted octanol–water partition coefficient (Wildman–Crippen LogP) is 1.17. The maximum atomic E-state index is 10.9. The molecular formula is C9H13N3O. The van der Waals surface area contributed by atoms with Crippen molar-refractivity contribution in [3.8, 4) is 0 Å². The zero-order chi connectivity index (χ0) is 9.84. The Kier molecular flexibility index (Phi) is 2.74. The number of primary amides is 1. The molecule has 0 aromatic heterocycles. The van der Waals surface area contributed by atoms with Crippen molar-refractivity contribution < 1.29 is 4.79 Å². The van der Waals surface area contributed by atoms with Crippen LogP contribution in [0.15, 0.2) is 24.3 Å². The van der Waals surface area contributed by atoms with Crippen molar-refractivity contribution in [3.05, 3.63) is 24.3 Å². The molecule has 2 amide bonds. The number of urea groups is 1. The molecule has 0 atom stereocenters. The van der Waals surface area contributed by atoms with Gasteiger partial charge in [0.05, 0.1) is 0 Å². The maximum absolute atomic E-state index is 10.9. The summed E-state index contributed by atoms with van der Waals surface area (Å²) in [6, 6.07) is 6.60. The fraction of sp³-hybridized carbons (Fsp3) is 0.222. The number of hydrogen-bond acceptors (Lipinski definition) is 2. The van der Waals surface area contributed by atoms with Gasteiger partial charge < -0.3 is 11.5 Å². The number of hydrogen-bond donors (Lipinski definition) is 2. The molecule has 0 aliphatic heterocycles.